The minimum absolute atomic E-state index is 0.00536. The van der Waals surface area contributed by atoms with Crippen LogP contribution in [0.1, 0.15) is 31.2 Å². The van der Waals surface area contributed by atoms with Crippen molar-refractivity contribution in [3.05, 3.63) is 30.1 Å². The molecule has 178 valence electrons. The number of aliphatic carboxylic acids is 1. The van der Waals surface area contributed by atoms with Crippen LogP contribution in [0.25, 0.3) is 0 Å². The van der Waals surface area contributed by atoms with Gasteiger partial charge in [-0.2, -0.15) is 13.2 Å². The third kappa shape index (κ3) is 6.39. The zero-order valence-electron chi connectivity index (χ0n) is 17.5. The maximum atomic E-state index is 12.9. The molecule has 2 aliphatic heterocycles. The Morgan fingerprint density at radius 1 is 1.19 bits per heavy atom. The van der Waals surface area contributed by atoms with Crippen LogP contribution < -0.4 is 0 Å². The Labute approximate surface area is 183 Å². The van der Waals surface area contributed by atoms with Gasteiger partial charge in [-0.3, -0.25) is 9.78 Å². The van der Waals surface area contributed by atoms with E-state index in [4.69, 9.17) is 24.1 Å². The Morgan fingerprint density at radius 2 is 1.91 bits per heavy atom. The van der Waals surface area contributed by atoms with Gasteiger partial charge in [0.15, 0.2) is 0 Å². The van der Waals surface area contributed by atoms with Gasteiger partial charge >= 0.3 is 12.1 Å². The first-order chi connectivity index (χ1) is 15.3. The van der Waals surface area contributed by atoms with Gasteiger partial charge in [0.05, 0.1) is 25.4 Å². The number of alkyl halides is 3. The van der Waals surface area contributed by atoms with Crippen LogP contribution in [0.2, 0.25) is 0 Å². The van der Waals surface area contributed by atoms with Crippen molar-refractivity contribution in [3.63, 3.8) is 0 Å². The molecule has 1 saturated carbocycles. The van der Waals surface area contributed by atoms with Crippen LogP contribution in [-0.2, 0) is 30.4 Å². The normalized spacial score (nSPS) is 26.1. The number of carbonyl (C=O) groups is 2. The van der Waals surface area contributed by atoms with Crippen LogP contribution in [0.15, 0.2) is 24.5 Å². The number of carbonyl (C=O) groups excluding carboxylic acids is 1. The highest BCUT2D eigenvalue weighted by atomic mass is 19.4. The summed E-state index contributed by atoms with van der Waals surface area (Å²) in [6.45, 7) is 3.24. The first kappa shape index (κ1) is 24.4. The molecular weight excluding hydrogens is 433 g/mol. The van der Waals surface area contributed by atoms with Crippen LogP contribution in [0.5, 0.6) is 0 Å². The number of carboxylic acids is 1. The summed E-state index contributed by atoms with van der Waals surface area (Å²) < 4.78 is 49.3. The summed E-state index contributed by atoms with van der Waals surface area (Å²) in [7, 11) is 0. The van der Waals surface area contributed by atoms with Crippen LogP contribution in [-0.4, -0.2) is 77.7 Å². The van der Waals surface area contributed by atoms with Gasteiger partial charge in [-0.05, 0) is 37.3 Å². The van der Waals surface area contributed by atoms with Gasteiger partial charge in [-0.25, -0.2) is 4.79 Å². The van der Waals surface area contributed by atoms with Gasteiger partial charge in [0, 0.05) is 38.1 Å². The number of carboxylic acid groups (broad SMARTS) is 1. The van der Waals surface area contributed by atoms with Crippen molar-refractivity contribution in [2.45, 2.75) is 56.7 Å². The summed E-state index contributed by atoms with van der Waals surface area (Å²) in [5.74, 6) is -2.36. The van der Waals surface area contributed by atoms with Gasteiger partial charge in [-0.15, -0.1) is 0 Å². The summed E-state index contributed by atoms with van der Waals surface area (Å²) >= 11 is 0. The lowest BCUT2D eigenvalue weighted by Crippen LogP contribution is -2.55. The standard InChI is InChI=1S/C19H26N2O4.C2HF3O2/c22-19(15-5-9-23-10-6-15)21-8-11-24-18-16(21)3-4-17(18)25-13-14-2-1-7-20-12-14;3-2(4,5)1(6)7/h1-2,7,12,15-18H,3-6,8-11,13H2;(H,6,7)/t16-,17+,18+;/m0./s1. The molecule has 0 unspecified atom stereocenters. The number of nitrogens with zero attached hydrogens (tertiary/aromatic N) is 2. The predicted molar refractivity (Wildman–Crippen MR) is 105 cm³/mol. The van der Waals surface area contributed by atoms with E-state index in [-0.39, 0.29) is 30.1 Å². The van der Waals surface area contributed by atoms with E-state index in [0.717, 1.165) is 31.2 Å². The van der Waals surface area contributed by atoms with E-state index < -0.39 is 12.1 Å². The molecule has 2 saturated heterocycles. The zero-order valence-corrected chi connectivity index (χ0v) is 17.5. The number of rotatable bonds is 4. The highest BCUT2D eigenvalue weighted by Crippen LogP contribution is 2.34. The maximum Gasteiger partial charge on any atom is 0.490 e. The van der Waals surface area contributed by atoms with Gasteiger partial charge in [0.25, 0.3) is 0 Å². The number of ether oxygens (including phenoxy) is 3. The van der Waals surface area contributed by atoms with Crippen molar-refractivity contribution < 1.29 is 42.1 Å². The van der Waals surface area contributed by atoms with Gasteiger partial charge in [0.1, 0.15) is 6.10 Å². The number of morpholine rings is 1. The lowest BCUT2D eigenvalue weighted by molar-refractivity contribution is -0.192. The minimum Gasteiger partial charge on any atom is -0.475 e. The average Bonchev–Trinajstić information content (AvgIpc) is 3.21. The summed E-state index contributed by atoms with van der Waals surface area (Å²) in [5, 5.41) is 7.12. The van der Waals surface area contributed by atoms with E-state index in [1.807, 2.05) is 18.3 Å². The third-order valence-electron chi connectivity index (χ3n) is 5.82. The quantitative estimate of drug-likeness (QED) is 0.737. The number of hydrogen-bond donors (Lipinski definition) is 1. The zero-order chi connectivity index (χ0) is 23.1. The molecule has 0 spiro atoms. The fraction of sp³-hybridized carbons (Fsp3) is 0.667. The van der Waals surface area contributed by atoms with Gasteiger partial charge in [-0.1, -0.05) is 6.07 Å². The van der Waals surface area contributed by atoms with Crippen molar-refractivity contribution in [1.82, 2.24) is 9.88 Å². The van der Waals surface area contributed by atoms with Crippen molar-refractivity contribution in [2.24, 2.45) is 5.92 Å². The first-order valence-electron chi connectivity index (χ1n) is 10.6. The summed E-state index contributed by atoms with van der Waals surface area (Å²) in [6.07, 6.45) is 2.13. The molecule has 0 bridgehead atoms. The predicted octanol–water partition coefficient (Wildman–Crippen LogP) is 2.42. The first-order valence-corrected chi connectivity index (χ1v) is 10.6. The topological polar surface area (TPSA) is 98.2 Å². The molecule has 1 aromatic rings. The van der Waals surface area contributed by atoms with E-state index in [9.17, 15) is 18.0 Å². The van der Waals surface area contributed by atoms with E-state index in [1.165, 1.54) is 0 Å². The molecule has 1 amide bonds. The molecule has 1 aromatic heterocycles. The fourth-order valence-electron chi connectivity index (χ4n) is 4.23. The van der Waals surface area contributed by atoms with E-state index in [1.54, 1.807) is 6.20 Å². The van der Waals surface area contributed by atoms with Crippen LogP contribution in [0.4, 0.5) is 13.2 Å². The molecule has 3 aliphatic rings. The lowest BCUT2D eigenvalue weighted by Gasteiger charge is -2.41. The molecule has 1 aliphatic carbocycles. The molecule has 0 radical (unpaired) electrons. The number of amides is 1. The lowest BCUT2D eigenvalue weighted by atomic mass is 9.97. The van der Waals surface area contributed by atoms with Crippen LogP contribution in [0.3, 0.4) is 0 Å². The average molecular weight is 460 g/mol. The molecule has 32 heavy (non-hydrogen) atoms. The fourth-order valence-corrected chi connectivity index (χ4v) is 4.23. The SMILES string of the molecule is O=C(C1CCOCC1)N1CCO[C@H]2[C@H](OCc3cccnc3)CC[C@@H]21.O=C(O)C(F)(F)F. The van der Waals surface area contributed by atoms with Crippen molar-refractivity contribution >= 4 is 11.9 Å². The van der Waals surface area contributed by atoms with E-state index in [0.29, 0.717) is 33.0 Å². The number of hydrogen-bond acceptors (Lipinski definition) is 6. The van der Waals surface area contributed by atoms with E-state index >= 15 is 0 Å². The molecule has 4 rings (SSSR count). The molecule has 11 heteroatoms. The minimum atomic E-state index is -5.08. The maximum absolute atomic E-state index is 12.9. The van der Waals surface area contributed by atoms with Crippen molar-refractivity contribution in [1.29, 1.82) is 0 Å². The number of halogens is 3. The van der Waals surface area contributed by atoms with Crippen LogP contribution in [0, 0.1) is 5.92 Å². The van der Waals surface area contributed by atoms with E-state index in [2.05, 4.69) is 9.88 Å². The van der Waals surface area contributed by atoms with Crippen LogP contribution >= 0.6 is 0 Å². The number of aromatic nitrogens is 1. The molecule has 3 atom stereocenters. The highest BCUT2D eigenvalue weighted by Gasteiger charge is 2.46. The second kappa shape index (κ2) is 11.1. The Bertz CT molecular complexity index is 758. The summed E-state index contributed by atoms with van der Waals surface area (Å²) in [5.41, 5.74) is 1.07. The molecular formula is C21H27F3N2O6. The smallest absolute Gasteiger partial charge is 0.475 e. The largest absolute Gasteiger partial charge is 0.490 e. The van der Waals surface area contributed by atoms with Crippen molar-refractivity contribution in [2.75, 3.05) is 26.4 Å². The highest BCUT2D eigenvalue weighted by molar-refractivity contribution is 5.79. The Morgan fingerprint density at radius 3 is 2.53 bits per heavy atom. The Hall–Kier alpha value is -2.24. The third-order valence-corrected chi connectivity index (χ3v) is 5.82. The summed E-state index contributed by atoms with van der Waals surface area (Å²) in [4.78, 5) is 28.0. The second-order valence-corrected chi connectivity index (χ2v) is 7.91. The van der Waals surface area contributed by atoms with Crippen molar-refractivity contribution in [3.8, 4) is 0 Å². The molecule has 3 heterocycles. The Kier molecular flexibility index (Phi) is 8.44. The molecule has 3 fully saturated rings. The number of fused-ring (bicyclic) bond motifs is 1. The second-order valence-electron chi connectivity index (χ2n) is 7.91. The van der Waals surface area contributed by atoms with Gasteiger partial charge in [0.2, 0.25) is 5.91 Å². The molecule has 8 nitrogen and oxygen atoms in total. The molecule has 1 N–H and O–H groups in total. The van der Waals surface area contributed by atoms with Gasteiger partial charge < -0.3 is 24.2 Å². The molecule has 0 aromatic carbocycles. The Balaban J connectivity index is 0.000000360. The monoisotopic (exact) mass is 460 g/mol. The summed E-state index contributed by atoms with van der Waals surface area (Å²) in [6, 6.07) is 4.09. The number of pyridine rings is 1.